The number of rotatable bonds is 2. The smallest absolute Gasteiger partial charge is 0.137 e. The van der Waals surface area contributed by atoms with E-state index in [1.54, 1.807) is 17.3 Å². The predicted octanol–water partition coefficient (Wildman–Crippen LogP) is 1.20. The molecule has 3 rings (SSSR count). The Hall–Kier alpha value is -2.17. The topological polar surface area (TPSA) is 59.4 Å². The molecule has 0 aliphatic carbocycles. The fraction of sp³-hybridized carbons (Fsp3) is 0.100. The van der Waals surface area contributed by atoms with Gasteiger partial charge in [0.25, 0.3) is 0 Å². The number of aromatic nitrogens is 5. The summed E-state index contributed by atoms with van der Waals surface area (Å²) in [5.41, 5.74) is 3.21. The Balaban J connectivity index is 1.97. The van der Waals surface area contributed by atoms with Gasteiger partial charge in [0.15, 0.2) is 0 Å². The van der Waals surface area contributed by atoms with E-state index in [9.17, 15) is 0 Å². The second-order valence-electron chi connectivity index (χ2n) is 3.35. The number of imidazole rings is 1. The summed E-state index contributed by atoms with van der Waals surface area (Å²) in [6.07, 6.45) is 4.94. The lowest BCUT2D eigenvalue weighted by atomic mass is 10.2. The number of fused-ring (bicyclic) bond motifs is 1. The van der Waals surface area contributed by atoms with Gasteiger partial charge in [0.05, 0.1) is 23.9 Å². The molecule has 2 aromatic heterocycles. The molecule has 0 amide bonds. The molecule has 0 saturated heterocycles. The predicted molar refractivity (Wildman–Crippen MR) is 55.2 cm³/mol. The average Bonchev–Trinajstić information content (AvgIpc) is 2.87. The first-order valence-corrected chi connectivity index (χ1v) is 4.66. The van der Waals surface area contributed by atoms with Crippen LogP contribution in [0.15, 0.2) is 37.2 Å². The molecule has 0 spiro atoms. The van der Waals surface area contributed by atoms with E-state index in [2.05, 4.69) is 26.1 Å². The number of nitrogens with one attached hydrogen (secondary N) is 1. The summed E-state index contributed by atoms with van der Waals surface area (Å²) >= 11 is 0. The van der Waals surface area contributed by atoms with Crippen molar-refractivity contribution in [2.75, 3.05) is 0 Å². The van der Waals surface area contributed by atoms with Crippen molar-refractivity contribution in [3.63, 3.8) is 0 Å². The first-order valence-electron chi connectivity index (χ1n) is 4.66. The second-order valence-corrected chi connectivity index (χ2v) is 3.35. The quantitative estimate of drug-likeness (QED) is 0.674. The minimum absolute atomic E-state index is 0.731. The van der Waals surface area contributed by atoms with E-state index in [-0.39, 0.29) is 0 Å². The van der Waals surface area contributed by atoms with Gasteiger partial charge in [0.2, 0.25) is 0 Å². The van der Waals surface area contributed by atoms with Crippen LogP contribution in [-0.2, 0) is 6.54 Å². The van der Waals surface area contributed by atoms with Gasteiger partial charge in [-0.05, 0) is 17.7 Å². The summed E-state index contributed by atoms with van der Waals surface area (Å²) in [5, 5.41) is 4.06. The third-order valence-corrected chi connectivity index (χ3v) is 2.30. The van der Waals surface area contributed by atoms with Crippen LogP contribution in [0.3, 0.4) is 0 Å². The molecule has 2 heterocycles. The monoisotopic (exact) mass is 199 g/mol. The minimum Gasteiger partial charge on any atom is -0.345 e. The number of nitrogens with zero attached hydrogens (tertiary/aromatic N) is 4. The normalized spacial score (nSPS) is 10.9. The van der Waals surface area contributed by atoms with E-state index in [1.165, 1.54) is 11.9 Å². The van der Waals surface area contributed by atoms with Crippen LogP contribution in [0.25, 0.3) is 11.0 Å². The molecule has 3 aromatic rings. The fourth-order valence-electron chi connectivity index (χ4n) is 1.58. The van der Waals surface area contributed by atoms with Crippen LogP contribution in [0.1, 0.15) is 5.56 Å². The van der Waals surface area contributed by atoms with E-state index < -0.39 is 0 Å². The van der Waals surface area contributed by atoms with E-state index in [4.69, 9.17) is 0 Å². The molecule has 15 heavy (non-hydrogen) atoms. The van der Waals surface area contributed by atoms with Crippen LogP contribution in [0, 0.1) is 0 Å². The Morgan fingerprint density at radius 2 is 2.33 bits per heavy atom. The van der Waals surface area contributed by atoms with Crippen molar-refractivity contribution in [3.8, 4) is 0 Å². The van der Waals surface area contributed by atoms with Gasteiger partial charge in [0.1, 0.15) is 12.7 Å². The Morgan fingerprint density at radius 3 is 3.20 bits per heavy atom. The van der Waals surface area contributed by atoms with Crippen LogP contribution in [0.5, 0.6) is 0 Å². The minimum atomic E-state index is 0.731. The largest absolute Gasteiger partial charge is 0.345 e. The maximum atomic E-state index is 4.17. The van der Waals surface area contributed by atoms with Crippen molar-refractivity contribution >= 4 is 11.0 Å². The fourth-order valence-corrected chi connectivity index (χ4v) is 1.58. The molecule has 0 bridgehead atoms. The van der Waals surface area contributed by atoms with Gasteiger partial charge >= 0.3 is 0 Å². The van der Waals surface area contributed by atoms with Gasteiger partial charge < -0.3 is 4.98 Å². The first kappa shape index (κ1) is 8.16. The highest BCUT2D eigenvalue weighted by Gasteiger charge is 1.99. The van der Waals surface area contributed by atoms with Crippen molar-refractivity contribution in [3.05, 3.63) is 42.7 Å². The molecule has 0 aliphatic heterocycles. The van der Waals surface area contributed by atoms with Gasteiger partial charge in [-0.2, -0.15) is 5.10 Å². The molecule has 5 heteroatoms. The Kier molecular flexibility index (Phi) is 1.74. The Morgan fingerprint density at radius 1 is 1.33 bits per heavy atom. The highest BCUT2D eigenvalue weighted by molar-refractivity contribution is 5.74. The number of H-pyrrole nitrogens is 1. The van der Waals surface area contributed by atoms with Crippen LogP contribution in [0.2, 0.25) is 0 Å². The van der Waals surface area contributed by atoms with Gasteiger partial charge in [-0.1, -0.05) is 6.07 Å². The average molecular weight is 199 g/mol. The van der Waals surface area contributed by atoms with E-state index in [0.29, 0.717) is 0 Å². The van der Waals surface area contributed by atoms with Crippen molar-refractivity contribution in [2.45, 2.75) is 6.54 Å². The second kappa shape index (κ2) is 3.20. The van der Waals surface area contributed by atoms with Gasteiger partial charge in [0, 0.05) is 0 Å². The molecule has 1 aromatic carbocycles. The van der Waals surface area contributed by atoms with Crippen LogP contribution < -0.4 is 0 Å². The molecule has 0 aliphatic rings. The third kappa shape index (κ3) is 1.48. The molecule has 74 valence electrons. The molecule has 1 N–H and O–H groups in total. The summed E-state index contributed by atoms with van der Waals surface area (Å²) in [4.78, 5) is 11.2. The van der Waals surface area contributed by atoms with Crippen LogP contribution in [-0.4, -0.2) is 24.7 Å². The summed E-state index contributed by atoms with van der Waals surface area (Å²) in [5.74, 6) is 0. The van der Waals surface area contributed by atoms with Crippen molar-refractivity contribution in [1.82, 2.24) is 24.7 Å². The maximum absolute atomic E-state index is 4.17. The van der Waals surface area contributed by atoms with Crippen molar-refractivity contribution < 1.29 is 0 Å². The van der Waals surface area contributed by atoms with Gasteiger partial charge in [-0.3, -0.25) is 0 Å². The standard InChI is InChI=1S/C10H9N5/c1-2-9-10(13-6-12-9)3-8(1)4-15-7-11-5-14-15/h1-3,5-7H,4H2,(H,12,13). The molecule has 0 saturated carbocycles. The lowest BCUT2D eigenvalue weighted by molar-refractivity contribution is 0.685. The molecular weight excluding hydrogens is 190 g/mol. The summed E-state index contributed by atoms with van der Waals surface area (Å²) in [6.45, 7) is 0.731. The molecule has 0 fully saturated rings. The first-order chi connectivity index (χ1) is 7.42. The zero-order valence-electron chi connectivity index (χ0n) is 7.96. The highest BCUT2D eigenvalue weighted by Crippen LogP contribution is 2.12. The zero-order valence-corrected chi connectivity index (χ0v) is 7.96. The molecule has 0 atom stereocenters. The van der Waals surface area contributed by atoms with E-state index in [1.807, 2.05) is 12.1 Å². The number of hydrogen-bond donors (Lipinski definition) is 1. The van der Waals surface area contributed by atoms with E-state index >= 15 is 0 Å². The van der Waals surface area contributed by atoms with E-state index in [0.717, 1.165) is 17.6 Å². The Labute approximate surface area is 85.8 Å². The van der Waals surface area contributed by atoms with Crippen molar-refractivity contribution in [1.29, 1.82) is 0 Å². The van der Waals surface area contributed by atoms with Gasteiger partial charge in [-0.15, -0.1) is 0 Å². The number of aromatic amines is 1. The number of hydrogen-bond acceptors (Lipinski definition) is 3. The summed E-state index contributed by atoms with van der Waals surface area (Å²) in [6, 6.07) is 6.12. The highest BCUT2D eigenvalue weighted by atomic mass is 15.3. The molecular formula is C10H9N5. The molecule has 0 unspecified atom stereocenters. The number of benzene rings is 1. The Bertz CT molecular complexity index is 566. The van der Waals surface area contributed by atoms with Gasteiger partial charge in [-0.25, -0.2) is 14.6 Å². The lowest BCUT2D eigenvalue weighted by Crippen LogP contribution is -1.99. The zero-order chi connectivity index (χ0) is 10.1. The van der Waals surface area contributed by atoms with Crippen molar-refractivity contribution in [2.24, 2.45) is 0 Å². The SMILES string of the molecule is c1ncn(Cc2ccc3nc[nH]c3c2)n1. The summed E-state index contributed by atoms with van der Waals surface area (Å²) in [7, 11) is 0. The third-order valence-electron chi connectivity index (χ3n) is 2.30. The molecule has 5 nitrogen and oxygen atoms in total. The molecule has 0 radical (unpaired) electrons. The van der Waals surface area contributed by atoms with Crippen LogP contribution >= 0.6 is 0 Å². The maximum Gasteiger partial charge on any atom is 0.137 e. The summed E-state index contributed by atoms with van der Waals surface area (Å²) < 4.78 is 1.79. The lowest BCUT2D eigenvalue weighted by Gasteiger charge is -2.00. The van der Waals surface area contributed by atoms with Crippen LogP contribution in [0.4, 0.5) is 0 Å².